The molecule has 2 aliphatic heterocycles. The maximum Gasteiger partial charge on any atom is 0.355 e. The summed E-state index contributed by atoms with van der Waals surface area (Å²) in [6.07, 6.45) is 0. The Morgan fingerprint density at radius 1 is 1.10 bits per heavy atom. The summed E-state index contributed by atoms with van der Waals surface area (Å²) in [5.41, 5.74) is 2.59. The van der Waals surface area contributed by atoms with Crippen LogP contribution in [0.5, 0.6) is 0 Å². The van der Waals surface area contributed by atoms with Crippen molar-refractivity contribution in [2.45, 2.75) is 26.8 Å². The minimum Gasteiger partial charge on any atom is -0.461 e. The lowest BCUT2D eigenvalue weighted by Gasteiger charge is -2.23. The fourth-order valence-electron chi connectivity index (χ4n) is 3.77. The number of aryl methyl sites for hydroxylation is 1. The summed E-state index contributed by atoms with van der Waals surface area (Å²) in [5.74, 6) is -2.72. The molecule has 0 radical (unpaired) electrons. The number of imide groups is 1. The molecule has 2 amide bonds. The Morgan fingerprint density at radius 2 is 1.80 bits per heavy atom. The number of esters is 1. The maximum atomic E-state index is 13.4. The molecule has 2 atom stereocenters. The van der Waals surface area contributed by atoms with Crippen LogP contribution < -0.4 is 9.91 Å². The molecular formula is C22H20ClN3O4. The van der Waals surface area contributed by atoms with Gasteiger partial charge in [-0.3, -0.25) is 14.6 Å². The van der Waals surface area contributed by atoms with Gasteiger partial charge in [0, 0.05) is 5.02 Å². The van der Waals surface area contributed by atoms with E-state index < -0.39 is 29.7 Å². The van der Waals surface area contributed by atoms with Crippen molar-refractivity contribution in [3.8, 4) is 0 Å². The molecule has 1 saturated heterocycles. The van der Waals surface area contributed by atoms with Crippen LogP contribution in [0.25, 0.3) is 0 Å². The minimum atomic E-state index is -1.05. The number of carbonyl (C=O) groups is 3. The van der Waals surface area contributed by atoms with Gasteiger partial charge >= 0.3 is 5.97 Å². The van der Waals surface area contributed by atoms with E-state index in [9.17, 15) is 14.4 Å². The predicted molar refractivity (Wildman–Crippen MR) is 114 cm³/mol. The average Bonchev–Trinajstić information content (AvgIpc) is 3.23. The predicted octanol–water partition coefficient (Wildman–Crippen LogP) is 3.25. The van der Waals surface area contributed by atoms with Gasteiger partial charge in [0.2, 0.25) is 5.91 Å². The van der Waals surface area contributed by atoms with Crippen LogP contribution >= 0.6 is 11.6 Å². The number of amides is 2. The van der Waals surface area contributed by atoms with Crippen LogP contribution in [0.15, 0.2) is 47.6 Å². The van der Waals surface area contributed by atoms with E-state index in [1.807, 2.05) is 19.1 Å². The molecule has 0 spiro atoms. The Hall–Kier alpha value is -3.19. The highest BCUT2D eigenvalue weighted by Gasteiger charge is 2.59. The van der Waals surface area contributed by atoms with E-state index >= 15 is 0 Å². The van der Waals surface area contributed by atoms with Gasteiger partial charge in [0.05, 0.1) is 18.0 Å². The van der Waals surface area contributed by atoms with Gasteiger partial charge in [-0.25, -0.2) is 9.69 Å². The molecule has 2 aromatic carbocycles. The second-order valence-corrected chi connectivity index (χ2v) is 7.61. The van der Waals surface area contributed by atoms with Crippen molar-refractivity contribution in [2.24, 2.45) is 11.0 Å². The molecule has 1 fully saturated rings. The number of hydrogen-bond acceptors (Lipinski definition) is 6. The quantitative estimate of drug-likeness (QED) is 0.555. The van der Waals surface area contributed by atoms with Gasteiger partial charge in [0.15, 0.2) is 5.71 Å². The van der Waals surface area contributed by atoms with Gasteiger partial charge in [0.25, 0.3) is 5.91 Å². The molecule has 0 saturated carbocycles. The number of halogens is 1. The van der Waals surface area contributed by atoms with E-state index in [-0.39, 0.29) is 12.3 Å². The molecule has 8 heteroatoms. The third-order valence-electron chi connectivity index (χ3n) is 5.31. The van der Waals surface area contributed by atoms with Gasteiger partial charge in [-0.05, 0) is 50.6 Å². The van der Waals surface area contributed by atoms with Gasteiger partial charge in [-0.1, -0.05) is 35.4 Å². The molecule has 0 unspecified atom stereocenters. The van der Waals surface area contributed by atoms with Crippen LogP contribution in [0.4, 0.5) is 11.4 Å². The van der Waals surface area contributed by atoms with Crippen LogP contribution in [0.2, 0.25) is 5.02 Å². The molecule has 0 aliphatic carbocycles. The molecule has 30 heavy (non-hydrogen) atoms. The fraction of sp³-hybridized carbons (Fsp3) is 0.273. The zero-order valence-electron chi connectivity index (χ0n) is 16.8. The van der Waals surface area contributed by atoms with E-state index in [2.05, 4.69) is 5.10 Å². The first-order valence-electron chi connectivity index (χ1n) is 9.59. The summed E-state index contributed by atoms with van der Waals surface area (Å²) in [5, 5.41) is 6.23. The lowest BCUT2D eigenvalue weighted by molar-refractivity contribution is -0.136. The monoisotopic (exact) mass is 425 g/mol. The molecule has 154 valence electrons. The van der Waals surface area contributed by atoms with Gasteiger partial charge < -0.3 is 4.74 Å². The Labute approximate surface area is 178 Å². The van der Waals surface area contributed by atoms with E-state index in [1.165, 1.54) is 5.01 Å². The standard InChI is InChI=1S/C22H20ClN3O4/c1-4-30-22(29)18-17-19(26(24-18)14-10-8-12(2)9-11-14)21(28)25(20(17)27)16-7-5-6-15(23)13(16)3/h5-11,17,19H,4H2,1-3H3/t17-,19+/m0/s1. The Balaban J connectivity index is 1.82. The third-order valence-corrected chi connectivity index (χ3v) is 5.72. The van der Waals surface area contributed by atoms with Crippen LogP contribution in [-0.2, 0) is 19.1 Å². The highest BCUT2D eigenvalue weighted by molar-refractivity contribution is 6.47. The minimum absolute atomic E-state index is 0.0667. The van der Waals surface area contributed by atoms with Crippen molar-refractivity contribution >= 4 is 46.5 Å². The molecule has 4 rings (SSSR count). The van der Waals surface area contributed by atoms with E-state index in [0.717, 1.165) is 10.5 Å². The maximum absolute atomic E-state index is 13.4. The first-order chi connectivity index (χ1) is 14.3. The number of anilines is 2. The van der Waals surface area contributed by atoms with Crippen molar-refractivity contribution in [1.82, 2.24) is 0 Å². The molecule has 0 aromatic heterocycles. The molecule has 0 bridgehead atoms. The highest BCUT2D eigenvalue weighted by Crippen LogP contribution is 2.39. The van der Waals surface area contributed by atoms with Crippen LogP contribution in [0.3, 0.4) is 0 Å². The number of hydrazone groups is 1. The Morgan fingerprint density at radius 3 is 2.47 bits per heavy atom. The van der Waals surface area contributed by atoms with E-state index in [4.69, 9.17) is 16.3 Å². The van der Waals surface area contributed by atoms with Crippen LogP contribution in [-0.4, -0.2) is 36.1 Å². The van der Waals surface area contributed by atoms with E-state index in [1.54, 1.807) is 44.2 Å². The smallest absolute Gasteiger partial charge is 0.355 e. The van der Waals surface area contributed by atoms with Gasteiger partial charge in [-0.2, -0.15) is 5.10 Å². The Kier molecular flexibility index (Phi) is 5.07. The van der Waals surface area contributed by atoms with Crippen molar-refractivity contribution in [1.29, 1.82) is 0 Å². The fourth-order valence-corrected chi connectivity index (χ4v) is 3.94. The summed E-state index contributed by atoms with van der Waals surface area (Å²) >= 11 is 6.21. The Bertz CT molecular complexity index is 1080. The second kappa shape index (κ2) is 7.57. The second-order valence-electron chi connectivity index (χ2n) is 7.20. The number of rotatable bonds is 4. The molecular weight excluding hydrogens is 406 g/mol. The summed E-state index contributed by atoms with van der Waals surface area (Å²) in [4.78, 5) is 40.4. The number of ether oxygens (including phenoxy) is 1. The summed E-state index contributed by atoms with van der Waals surface area (Å²) in [7, 11) is 0. The topological polar surface area (TPSA) is 79.3 Å². The largest absolute Gasteiger partial charge is 0.461 e. The first-order valence-corrected chi connectivity index (χ1v) is 9.97. The summed E-state index contributed by atoms with van der Waals surface area (Å²) < 4.78 is 5.11. The lowest BCUT2D eigenvalue weighted by atomic mass is 9.97. The van der Waals surface area contributed by atoms with Gasteiger partial charge in [0.1, 0.15) is 12.0 Å². The van der Waals surface area contributed by atoms with Crippen LogP contribution in [0.1, 0.15) is 18.1 Å². The third kappa shape index (κ3) is 3.06. The van der Waals surface area contributed by atoms with Crippen molar-refractivity contribution in [3.05, 3.63) is 58.6 Å². The van der Waals surface area contributed by atoms with Crippen LogP contribution in [0, 0.1) is 19.8 Å². The molecule has 2 aliphatic rings. The highest BCUT2D eigenvalue weighted by atomic mass is 35.5. The summed E-state index contributed by atoms with van der Waals surface area (Å²) in [6.45, 7) is 5.49. The van der Waals surface area contributed by atoms with E-state index in [0.29, 0.717) is 22.0 Å². The zero-order chi connectivity index (χ0) is 21.6. The number of fused-ring (bicyclic) bond motifs is 1. The summed E-state index contributed by atoms with van der Waals surface area (Å²) in [6, 6.07) is 11.4. The zero-order valence-corrected chi connectivity index (χ0v) is 17.5. The molecule has 2 aromatic rings. The van der Waals surface area contributed by atoms with Gasteiger partial charge in [-0.15, -0.1) is 0 Å². The lowest BCUT2D eigenvalue weighted by Crippen LogP contribution is -2.39. The van der Waals surface area contributed by atoms with Crippen molar-refractivity contribution in [3.63, 3.8) is 0 Å². The normalized spacial score (nSPS) is 20.5. The average molecular weight is 426 g/mol. The number of hydrogen-bond donors (Lipinski definition) is 0. The van der Waals surface area contributed by atoms with Crippen molar-refractivity contribution < 1.29 is 19.1 Å². The number of benzene rings is 2. The molecule has 0 N–H and O–H groups in total. The number of carbonyl (C=O) groups excluding carboxylic acids is 3. The van der Waals surface area contributed by atoms with Crippen molar-refractivity contribution in [2.75, 3.05) is 16.5 Å². The molecule has 2 heterocycles. The molecule has 7 nitrogen and oxygen atoms in total. The SMILES string of the molecule is CCOC(=O)C1=NN(c2ccc(C)cc2)[C@H]2C(=O)N(c3cccc(Cl)c3C)C(=O)[C@@H]12. The first kappa shape index (κ1) is 20.1. The number of nitrogens with zero attached hydrogens (tertiary/aromatic N) is 3.